The number of hydrogen-bond donors (Lipinski definition) is 1. The fraction of sp³-hybridized carbons (Fsp3) is 0.647. The van der Waals surface area contributed by atoms with Gasteiger partial charge in [-0.1, -0.05) is 47.7 Å². The van der Waals surface area contributed by atoms with E-state index in [1.165, 1.54) is 31.7 Å². The van der Waals surface area contributed by atoms with E-state index in [4.69, 9.17) is 4.74 Å². The van der Waals surface area contributed by atoms with Gasteiger partial charge >= 0.3 is 0 Å². The van der Waals surface area contributed by atoms with Crippen molar-refractivity contribution in [3.05, 3.63) is 34.1 Å². The maximum atomic E-state index is 14.1. The van der Waals surface area contributed by atoms with Crippen LogP contribution in [0.25, 0.3) is 0 Å². The van der Waals surface area contributed by atoms with Gasteiger partial charge in [-0.2, -0.15) is 0 Å². The third-order valence-corrected chi connectivity index (χ3v) is 5.27. The lowest BCUT2D eigenvalue weighted by Crippen LogP contribution is -2.52. The van der Waals surface area contributed by atoms with Crippen molar-refractivity contribution in [2.24, 2.45) is 0 Å². The quantitative estimate of drug-likeness (QED) is 0.785. The second-order valence-electron chi connectivity index (χ2n) is 5.96. The Morgan fingerprint density at radius 1 is 1.29 bits per heavy atom. The number of halogens is 2. The largest absolute Gasteiger partial charge is 0.377 e. The number of ether oxygens (including phenoxy) is 1. The molecule has 1 aromatic rings. The van der Waals surface area contributed by atoms with Gasteiger partial charge in [0, 0.05) is 17.6 Å². The zero-order valence-electron chi connectivity index (χ0n) is 12.9. The van der Waals surface area contributed by atoms with E-state index >= 15 is 0 Å². The second kappa shape index (κ2) is 7.70. The Labute approximate surface area is 135 Å². The number of methoxy groups -OCH3 is 1. The molecule has 1 saturated carbocycles. The molecule has 0 spiro atoms. The minimum Gasteiger partial charge on any atom is -0.377 e. The van der Waals surface area contributed by atoms with Crippen LogP contribution in [0.5, 0.6) is 0 Å². The smallest absolute Gasteiger partial charge is 0.127 e. The van der Waals surface area contributed by atoms with Crippen molar-refractivity contribution in [1.29, 1.82) is 0 Å². The summed E-state index contributed by atoms with van der Waals surface area (Å²) in [5, 5.41) is 3.38. The summed E-state index contributed by atoms with van der Waals surface area (Å²) in [6, 6.07) is 5.44. The first-order valence-electron chi connectivity index (χ1n) is 7.77. The molecular weight excluding hydrogens is 333 g/mol. The summed E-state index contributed by atoms with van der Waals surface area (Å²) in [5.41, 5.74) is 0.573. The van der Waals surface area contributed by atoms with Crippen LogP contribution in [0, 0.1) is 5.82 Å². The van der Waals surface area contributed by atoms with Crippen LogP contribution in [0.1, 0.15) is 44.1 Å². The van der Waals surface area contributed by atoms with E-state index in [0.717, 1.165) is 22.9 Å². The minimum absolute atomic E-state index is 0.135. The zero-order chi connectivity index (χ0) is 15.3. The highest BCUT2D eigenvalue weighted by atomic mass is 79.9. The molecule has 1 aliphatic rings. The molecule has 0 radical (unpaired) electrons. The van der Waals surface area contributed by atoms with E-state index in [1.807, 2.05) is 19.2 Å². The van der Waals surface area contributed by atoms with Crippen LogP contribution in [0.3, 0.4) is 0 Å². The summed E-state index contributed by atoms with van der Waals surface area (Å²) in [5.74, 6) is -0.149. The van der Waals surface area contributed by atoms with Gasteiger partial charge in [0.1, 0.15) is 5.82 Å². The van der Waals surface area contributed by atoms with E-state index < -0.39 is 0 Å². The highest BCUT2D eigenvalue weighted by Crippen LogP contribution is 2.34. The fourth-order valence-corrected chi connectivity index (χ4v) is 3.81. The number of rotatable bonds is 5. The lowest BCUT2D eigenvalue weighted by atomic mass is 9.82. The lowest BCUT2D eigenvalue weighted by Gasteiger charge is -2.39. The number of benzene rings is 1. The molecular formula is C17H25BrFNO. The summed E-state index contributed by atoms with van der Waals surface area (Å²) in [6.45, 7) is 0. The molecule has 0 bridgehead atoms. The van der Waals surface area contributed by atoms with Gasteiger partial charge in [-0.05, 0) is 44.0 Å². The lowest BCUT2D eigenvalue weighted by molar-refractivity contribution is -0.0510. The predicted octanol–water partition coefficient (Wildman–Crippen LogP) is 4.46. The Morgan fingerprint density at radius 3 is 2.48 bits per heavy atom. The predicted molar refractivity (Wildman–Crippen MR) is 88.1 cm³/mol. The van der Waals surface area contributed by atoms with Crippen molar-refractivity contribution in [2.45, 2.75) is 56.6 Å². The summed E-state index contributed by atoms with van der Waals surface area (Å²) < 4.78 is 20.9. The van der Waals surface area contributed by atoms with E-state index in [0.29, 0.717) is 6.42 Å². The van der Waals surface area contributed by atoms with Crippen LogP contribution in [-0.2, 0) is 11.2 Å². The van der Waals surface area contributed by atoms with Gasteiger partial charge < -0.3 is 10.1 Å². The Kier molecular flexibility index (Phi) is 6.20. The molecule has 4 heteroatoms. The molecule has 118 valence electrons. The molecule has 2 nitrogen and oxygen atoms in total. The van der Waals surface area contributed by atoms with Gasteiger partial charge in [0.15, 0.2) is 0 Å². The molecule has 21 heavy (non-hydrogen) atoms. The molecule has 2 rings (SSSR count). The molecule has 1 atom stereocenters. The zero-order valence-corrected chi connectivity index (χ0v) is 14.5. The standard InChI is InChI=1S/C17H25BrFNO/c1-20-16(11-13-7-8-14(18)12-15(13)19)17(21-2)9-5-3-4-6-10-17/h7-8,12,16,20H,3-6,9-11H2,1-2H3. The molecule has 1 aliphatic carbocycles. The number of likely N-dealkylation sites (N-methyl/N-ethyl adjacent to an activating group) is 1. The van der Waals surface area contributed by atoms with Crippen molar-refractivity contribution in [1.82, 2.24) is 5.32 Å². The first-order valence-corrected chi connectivity index (χ1v) is 8.57. The fourth-order valence-electron chi connectivity index (χ4n) is 3.48. The van der Waals surface area contributed by atoms with Crippen LogP contribution in [-0.4, -0.2) is 25.8 Å². The van der Waals surface area contributed by atoms with E-state index in [1.54, 1.807) is 7.11 Å². The van der Waals surface area contributed by atoms with Crippen LogP contribution < -0.4 is 5.32 Å². The van der Waals surface area contributed by atoms with Gasteiger partial charge in [0.2, 0.25) is 0 Å². The Morgan fingerprint density at radius 2 is 1.95 bits per heavy atom. The molecule has 0 aliphatic heterocycles. The summed E-state index contributed by atoms with van der Waals surface area (Å²) in [4.78, 5) is 0. The van der Waals surface area contributed by atoms with Crippen molar-refractivity contribution >= 4 is 15.9 Å². The van der Waals surface area contributed by atoms with Crippen LogP contribution in [0.4, 0.5) is 4.39 Å². The molecule has 0 aromatic heterocycles. The Hall–Kier alpha value is -0.450. The average Bonchev–Trinajstić information content (AvgIpc) is 2.73. The van der Waals surface area contributed by atoms with Gasteiger partial charge in [0.25, 0.3) is 0 Å². The molecule has 1 N–H and O–H groups in total. The maximum Gasteiger partial charge on any atom is 0.127 e. The monoisotopic (exact) mass is 357 g/mol. The van der Waals surface area contributed by atoms with E-state index in [9.17, 15) is 4.39 Å². The average molecular weight is 358 g/mol. The molecule has 0 amide bonds. The van der Waals surface area contributed by atoms with Gasteiger partial charge in [-0.15, -0.1) is 0 Å². The Bertz CT molecular complexity index is 458. The second-order valence-corrected chi connectivity index (χ2v) is 6.88. The summed E-state index contributed by atoms with van der Waals surface area (Å²) >= 11 is 3.31. The molecule has 1 fully saturated rings. The number of nitrogens with one attached hydrogen (secondary N) is 1. The third-order valence-electron chi connectivity index (χ3n) is 4.78. The van der Waals surface area contributed by atoms with Gasteiger partial charge in [-0.3, -0.25) is 0 Å². The highest BCUT2D eigenvalue weighted by molar-refractivity contribution is 9.10. The normalized spacial score (nSPS) is 20.0. The topological polar surface area (TPSA) is 21.3 Å². The van der Waals surface area contributed by atoms with Crippen LogP contribution in [0.15, 0.2) is 22.7 Å². The van der Waals surface area contributed by atoms with E-state index in [2.05, 4.69) is 21.2 Å². The first kappa shape index (κ1) is 16.9. The molecule has 0 saturated heterocycles. The van der Waals surface area contributed by atoms with Crippen molar-refractivity contribution in [3.63, 3.8) is 0 Å². The molecule has 1 aromatic carbocycles. The maximum absolute atomic E-state index is 14.1. The van der Waals surface area contributed by atoms with Crippen molar-refractivity contribution in [3.8, 4) is 0 Å². The van der Waals surface area contributed by atoms with E-state index in [-0.39, 0.29) is 17.5 Å². The minimum atomic E-state index is -0.176. The van der Waals surface area contributed by atoms with Crippen LogP contribution in [0.2, 0.25) is 0 Å². The Balaban J connectivity index is 2.20. The van der Waals surface area contributed by atoms with Gasteiger partial charge in [-0.25, -0.2) is 4.39 Å². The number of hydrogen-bond acceptors (Lipinski definition) is 2. The molecule has 0 heterocycles. The summed E-state index contributed by atoms with van der Waals surface area (Å²) in [7, 11) is 3.75. The highest BCUT2D eigenvalue weighted by Gasteiger charge is 2.38. The van der Waals surface area contributed by atoms with Crippen molar-refractivity contribution < 1.29 is 9.13 Å². The van der Waals surface area contributed by atoms with Crippen LogP contribution >= 0.6 is 15.9 Å². The SMILES string of the molecule is CNC(Cc1ccc(Br)cc1F)C1(OC)CCCCCC1. The third kappa shape index (κ3) is 4.05. The molecule has 1 unspecified atom stereocenters. The van der Waals surface area contributed by atoms with Crippen molar-refractivity contribution in [2.75, 3.05) is 14.2 Å². The summed E-state index contributed by atoms with van der Waals surface area (Å²) in [6.07, 6.45) is 7.68. The van der Waals surface area contributed by atoms with Gasteiger partial charge in [0.05, 0.1) is 5.60 Å². The first-order chi connectivity index (χ1) is 10.1.